The first-order chi connectivity index (χ1) is 9.50. The van der Waals surface area contributed by atoms with E-state index in [2.05, 4.69) is 74.8 Å². The molecule has 0 amide bonds. The maximum Gasteiger partial charge on any atom is 0.0368 e. The lowest BCUT2D eigenvalue weighted by molar-refractivity contribution is 0.550. The first kappa shape index (κ1) is 15.3. The van der Waals surface area contributed by atoms with Crippen LogP contribution in [0.2, 0.25) is 0 Å². The van der Waals surface area contributed by atoms with Crippen LogP contribution in [-0.2, 0) is 11.8 Å². The van der Waals surface area contributed by atoms with Crippen molar-refractivity contribution in [1.29, 1.82) is 0 Å². The van der Waals surface area contributed by atoms with Gasteiger partial charge in [-0.3, -0.25) is 0 Å². The lowest BCUT2D eigenvalue weighted by atomic mass is 9.86. The summed E-state index contributed by atoms with van der Waals surface area (Å²) >= 11 is 1.84. The van der Waals surface area contributed by atoms with Crippen LogP contribution in [0.4, 0.5) is 0 Å². The van der Waals surface area contributed by atoms with Crippen molar-refractivity contribution in [3.05, 3.63) is 57.8 Å². The van der Waals surface area contributed by atoms with Crippen LogP contribution in [0.25, 0.3) is 0 Å². The van der Waals surface area contributed by atoms with Crippen LogP contribution in [-0.4, -0.2) is 6.54 Å². The molecule has 1 heterocycles. The fourth-order valence-electron chi connectivity index (χ4n) is 2.40. The third kappa shape index (κ3) is 3.94. The Bertz CT molecular complexity index is 505. The normalized spacial score (nSPS) is 13.4. The molecule has 2 rings (SSSR count). The highest BCUT2D eigenvalue weighted by Gasteiger charge is 2.15. The van der Waals surface area contributed by atoms with Gasteiger partial charge in [-0.1, -0.05) is 58.0 Å². The number of hydrogen-bond donors (Lipinski definition) is 1. The number of benzene rings is 1. The number of hydrogen-bond acceptors (Lipinski definition) is 2. The zero-order valence-electron chi connectivity index (χ0n) is 12.9. The van der Waals surface area contributed by atoms with E-state index in [1.165, 1.54) is 16.0 Å². The van der Waals surface area contributed by atoms with Gasteiger partial charge < -0.3 is 5.32 Å². The Morgan fingerprint density at radius 1 is 1.10 bits per heavy atom. The lowest BCUT2D eigenvalue weighted by Gasteiger charge is -2.22. The molecule has 0 fully saturated rings. The summed E-state index contributed by atoms with van der Waals surface area (Å²) in [6.45, 7) is 9.95. The first-order valence-corrected chi connectivity index (χ1v) is 8.25. The Morgan fingerprint density at radius 2 is 1.80 bits per heavy atom. The second-order valence-electron chi connectivity index (χ2n) is 6.27. The van der Waals surface area contributed by atoms with Crippen molar-refractivity contribution in [2.24, 2.45) is 0 Å². The molecule has 0 bridgehead atoms. The number of likely N-dealkylation sites (N-methyl/N-ethyl adjacent to an activating group) is 1. The monoisotopic (exact) mass is 287 g/mol. The third-order valence-corrected chi connectivity index (χ3v) is 4.51. The van der Waals surface area contributed by atoms with Gasteiger partial charge in [-0.05, 0) is 34.5 Å². The molecule has 0 radical (unpaired) electrons. The molecule has 1 aromatic heterocycles. The van der Waals surface area contributed by atoms with Crippen molar-refractivity contribution in [1.82, 2.24) is 5.32 Å². The summed E-state index contributed by atoms with van der Waals surface area (Å²) in [7, 11) is 0. The van der Waals surface area contributed by atoms with Gasteiger partial charge in [0.1, 0.15) is 0 Å². The molecule has 0 saturated heterocycles. The Labute approximate surface area is 127 Å². The summed E-state index contributed by atoms with van der Waals surface area (Å²) in [4.78, 5) is 1.44. The van der Waals surface area contributed by atoms with E-state index >= 15 is 0 Å². The minimum absolute atomic E-state index is 0.222. The molecule has 108 valence electrons. The summed E-state index contributed by atoms with van der Waals surface area (Å²) in [5, 5.41) is 5.76. The van der Waals surface area contributed by atoms with Gasteiger partial charge in [-0.25, -0.2) is 0 Å². The summed E-state index contributed by atoms with van der Waals surface area (Å²) in [6, 6.07) is 13.9. The van der Waals surface area contributed by atoms with Crippen LogP contribution in [0.15, 0.2) is 41.8 Å². The molecule has 1 unspecified atom stereocenters. The smallest absolute Gasteiger partial charge is 0.0368 e. The van der Waals surface area contributed by atoms with Gasteiger partial charge in [0.2, 0.25) is 0 Å². The van der Waals surface area contributed by atoms with Gasteiger partial charge in [0.25, 0.3) is 0 Å². The van der Waals surface area contributed by atoms with Crippen molar-refractivity contribution < 1.29 is 0 Å². The maximum absolute atomic E-state index is 3.60. The number of nitrogens with one attached hydrogen (secondary N) is 1. The molecule has 1 nitrogen and oxygen atoms in total. The van der Waals surface area contributed by atoms with Crippen molar-refractivity contribution >= 4 is 11.3 Å². The minimum Gasteiger partial charge on any atom is -0.310 e. The highest BCUT2D eigenvalue weighted by Crippen LogP contribution is 2.26. The predicted octanol–water partition coefficient (Wildman–Crippen LogP) is 4.94. The second-order valence-corrected chi connectivity index (χ2v) is 7.30. The molecule has 0 aliphatic carbocycles. The molecule has 0 saturated carbocycles. The van der Waals surface area contributed by atoms with E-state index in [9.17, 15) is 0 Å². The summed E-state index contributed by atoms with van der Waals surface area (Å²) in [6.07, 6.45) is 1.07. The number of rotatable bonds is 5. The Morgan fingerprint density at radius 3 is 2.30 bits per heavy atom. The zero-order valence-corrected chi connectivity index (χ0v) is 13.8. The number of thiophene rings is 1. The van der Waals surface area contributed by atoms with E-state index < -0.39 is 0 Å². The summed E-state index contributed by atoms with van der Waals surface area (Å²) in [5.74, 6) is 0. The van der Waals surface area contributed by atoms with E-state index in [-0.39, 0.29) is 5.41 Å². The van der Waals surface area contributed by atoms with Gasteiger partial charge in [0.15, 0.2) is 0 Å². The van der Waals surface area contributed by atoms with Gasteiger partial charge in [0.05, 0.1) is 0 Å². The minimum atomic E-state index is 0.222. The highest BCUT2D eigenvalue weighted by molar-refractivity contribution is 7.09. The molecule has 2 heteroatoms. The Kier molecular flexibility index (Phi) is 5.00. The van der Waals surface area contributed by atoms with Crippen molar-refractivity contribution in [3.8, 4) is 0 Å². The van der Waals surface area contributed by atoms with Gasteiger partial charge in [0, 0.05) is 17.3 Å². The third-order valence-electron chi connectivity index (χ3n) is 3.62. The molecule has 1 aromatic carbocycles. The molecule has 0 aliphatic rings. The molecular formula is C18H25NS. The molecular weight excluding hydrogens is 262 g/mol. The van der Waals surface area contributed by atoms with E-state index in [1.807, 2.05) is 11.3 Å². The molecule has 0 spiro atoms. The maximum atomic E-state index is 3.60. The van der Waals surface area contributed by atoms with Gasteiger partial charge in [-0.15, -0.1) is 11.3 Å². The zero-order chi connectivity index (χ0) is 14.6. The van der Waals surface area contributed by atoms with Gasteiger partial charge >= 0.3 is 0 Å². The van der Waals surface area contributed by atoms with Crippen LogP contribution in [0, 0.1) is 0 Å². The quantitative estimate of drug-likeness (QED) is 0.821. The van der Waals surface area contributed by atoms with Crippen LogP contribution in [0.5, 0.6) is 0 Å². The van der Waals surface area contributed by atoms with Crippen LogP contribution >= 0.6 is 11.3 Å². The molecule has 20 heavy (non-hydrogen) atoms. The van der Waals surface area contributed by atoms with Gasteiger partial charge in [-0.2, -0.15) is 0 Å². The molecule has 1 atom stereocenters. The molecule has 1 N–H and O–H groups in total. The van der Waals surface area contributed by atoms with Crippen LogP contribution < -0.4 is 5.32 Å². The Hall–Kier alpha value is -1.12. The topological polar surface area (TPSA) is 12.0 Å². The van der Waals surface area contributed by atoms with E-state index in [4.69, 9.17) is 0 Å². The van der Waals surface area contributed by atoms with E-state index in [0.717, 1.165) is 13.0 Å². The summed E-state index contributed by atoms with van der Waals surface area (Å²) < 4.78 is 0. The fraction of sp³-hybridized carbons (Fsp3) is 0.444. The molecule has 0 aliphatic heterocycles. The van der Waals surface area contributed by atoms with Crippen LogP contribution in [0.3, 0.4) is 0 Å². The van der Waals surface area contributed by atoms with E-state index in [0.29, 0.717) is 6.04 Å². The average Bonchev–Trinajstić information content (AvgIpc) is 2.90. The van der Waals surface area contributed by atoms with Crippen LogP contribution in [0.1, 0.15) is 49.7 Å². The highest BCUT2D eigenvalue weighted by atomic mass is 32.1. The van der Waals surface area contributed by atoms with Crippen molar-refractivity contribution in [2.75, 3.05) is 6.54 Å². The summed E-state index contributed by atoms with van der Waals surface area (Å²) in [5.41, 5.74) is 3.00. The predicted molar refractivity (Wildman–Crippen MR) is 89.6 cm³/mol. The van der Waals surface area contributed by atoms with Crippen molar-refractivity contribution in [3.63, 3.8) is 0 Å². The lowest BCUT2D eigenvalue weighted by Crippen LogP contribution is -2.23. The fourth-order valence-corrected chi connectivity index (χ4v) is 3.15. The second kappa shape index (κ2) is 6.55. The average molecular weight is 287 g/mol. The first-order valence-electron chi connectivity index (χ1n) is 7.37. The van der Waals surface area contributed by atoms with Crippen molar-refractivity contribution in [2.45, 2.75) is 45.6 Å². The standard InChI is InChI=1S/C18H25NS/c1-5-19-17(13-16-7-6-12-20-16)14-8-10-15(11-9-14)18(2,3)4/h6-12,17,19H,5,13H2,1-4H3. The molecule has 2 aromatic rings. The van der Waals surface area contributed by atoms with E-state index in [1.54, 1.807) is 0 Å². The largest absolute Gasteiger partial charge is 0.310 e. The SMILES string of the molecule is CCNC(Cc1cccs1)c1ccc(C(C)(C)C)cc1. The Balaban J connectivity index is 2.17.